The van der Waals surface area contributed by atoms with E-state index in [0.29, 0.717) is 5.41 Å². The molecular weight excluding hydrogens is 326 g/mol. The Morgan fingerprint density at radius 2 is 1.73 bits per heavy atom. The van der Waals surface area contributed by atoms with E-state index in [2.05, 4.69) is 9.80 Å². The van der Waals surface area contributed by atoms with E-state index in [1.807, 2.05) is 35.2 Å². The van der Waals surface area contributed by atoms with Crippen LogP contribution in [0.5, 0.6) is 5.75 Å². The number of hydrogen-bond acceptors (Lipinski definition) is 3. The third-order valence-corrected chi connectivity index (χ3v) is 6.25. The molecule has 0 saturated carbocycles. The first-order chi connectivity index (χ1) is 12.7. The van der Waals surface area contributed by atoms with Crippen molar-refractivity contribution in [1.29, 1.82) is 0 Å². The van der Waals surface area contributed by atoms with Gasteiger partial charge in [-0.1, -0.05) is 18.2 Å². The van der Waals surface area contributed by atoms with Crippen LogP contribution in [0.25, 0.3) is 0 Å². The molecule has 0 aromatic heterocycles. The van der Waals surface area contributed by atoms with Crippen LogP contribution in [0, 0.1) is 5.41 Å². The van der Waals surface area contributed by atoms with E-state index >= 15 is 0 Å². The van der Waals surface area contributed by atoms with Crippen molar-refractivity contribution in [2.75, 3.05) is 52.4 Å². The van der Waals surface area contributed by atoms with Crippen molar-refractivity contribution in [2.24, 2.45) is 5.41 Å². The van der Waals surface area contributed by atoms with Crippen LogP contribution < -0.4 is 4.74 Å². The number of carbonyl (C=O) groups excluding carboxylic acids is 1. The number of para-hydroxylation sites is 1. The van der Waals surface area contributed by atoms with Gasteiger partial charge in [0.2, 0.25) is 0 Å². The van der Waals surface area contributed by atoms with E-state index in [-0.39, 0.29) is 6.03 Å². The smallest absolute Gasteiger partial charge is 0.320 e. The zero-order valence-electron chi connectivity index (χ0n) is 15.7. The Kier molecular flexibility index (Phi) is 5.34. The zero-order chi connectivity index (χ0) is 17.8. The van der Waals surface area contributed by atoms with E-state index < -0.39 is 0 Å². The largest absolute Gasteiger partial charge is 0.492 e. The number of carbonyl (C=O) groups is 1. The Balaban J connectivity index is 1.27. The maximum absolute atomic E-state index is 12.7. The van der Waals surface area contributed by atoms with Gasteiger partial charge in [-0.05, 0) is 50.8 Å². The molecule has 3 aliphatic heterocycles. The molecule has 1 aromatic rings. The normalized spacial score (nSPS) is 26.6. The van der Waals surface area contributed by atoms with Crippen LogP contribution in [0.1, 0.15) is 32.1 Å². The summed E-state index contributed by atoms with van der Waals surface area (Å²) in [4.78, 5) is 19.4. The van der Waals surface area contributed by atoms with Crippen LogP contribution in [0.2, 0.25) is 0 Å². The molecule has 3 saturated heterocycles. The number of hydrogen-bond donors (Lipinski definition) is 0. The quantitative estimate of drug-likeness (QED) is 0.831. The van der Waals surface area contributed by atoms with Crippen molar-refractivity contribution in [3.63, 3.8) is 0 Å². The van der Waals surface area contributed by atoms with Gasteiger partial charge in [0.05, 0.1) is 0 Å². The Bertz CT molecular complexity index is 603. The van der Waals surface area contributed by atoms with Gasteiger partial charge in [-0.25, -0.2) is 4.79 Å². The molecule has 1 aromatic carbocycles. The fourth-order valence-electron chi connectivity index (χ4n) is 4.85. The highest BCUT2D eigenvalue weighted by atomic mass is 16.5. The molecule has 0 bridgehead atoms. The highest BCUT2D eigenvalue weighted by molar-refractivity contribution is 5.75. The van der Waals surface area contributed by atoms with Gasteiger partial charge in [0.25, 0.3) is 0 Å². The lowest BCUT2D eigenvalue weighted by molar-refractivity contribution is 0.0813. The minimum atomic E-state index is 0.281. The summed E-state index contributed by atoms with van der Waals surface area (Å²) >= 11 is 0. The van der Waals surface area contributed by atoms with Crippen LogP contribution in [-0.4, -0.2) is 73.2 Å². The Hall–Kier alpha value is -1.75. The molecule has 1 atom stereocenters. The monoisotopic (exact) mass is 357 g/mol. The SMILES string of the molecule is O=C(N1CCCC1)N1CC[C@]2(CCCN(CCOc3ccccc3)C2)C1. The van der Waals surface area contributed by atoms with E-state index in [0.717, 1.165) is 64.6 Å². The number of nitrogens with zero attached hydrogens (tertiary/aromatic N) is 3. The summed E-state index contributed by atoms with van der Waals surface area (Å²) in [5.74, 6) is 0.947. The van der Waals surface area contributed by atoms with Gasteiger partial charge in [-0.15, -0.1) is 0 Å². The van der Waals surface area contributed by atoms with Gasteiger partial charge >= 0.3 is 6.03 Å². The average molecular weight is 357 g/mol. The number of rotatable bonds is 4. The van der Waals surface area contributed by atoms with Gasteiger partial charge in [-0.3, -0.25) is 4.90 Å². The molecule has 1 spiro atoms. The van der Waals surface area contributed by atoms with Crippen LogP contribution in [-0.2, 0) is 0 Å². The van der Waals surface area contributed by atoms with Crippen molar-refractivity contribution < 1.29 is 9.53 Å². The number of urea groups is 1. The molecule has 3 heterocycles. The first-order valence-corrected chi connectivity index (χ1v) is 10.2. The van der Waals surface area contributed by atoms with Gasteiger partial charge in [0.1, 0.15) is 12.4 Å². The second-order valence-corrected chi connectivity index (χ2v) is 8.19. The fraction of sp³-hybridized carbons (Fsp3) is 0.667. The summed E-state index contributed by atoms with van der Waals surface area (Å²) in [6.07, 6.45) is 5.98. The minimum absolute atomic E-state index is 0.281. The number of piperidine rings is 1. The van der Waals surface area contributed by atoms with Gasteiger partial charge in [-0.2, -0.15) is 0 Å². The molecule has 142 valence electrons. The lowest BCUT2D eigenvalue weighted by Gasteiger charge is -2.40. The lowest BCUT2D eigenvalue weighted by atomic mass is 9.79. The minimum Gasteiger partial charge on any atom is -0.492 e. The highest BCUT2D eigenvalue weighted by Crippen LogP contribution is 2.39. The predicted octanol–water partition coefficient (Wildman–Crippen LogP) is 3.07. The molecule has 0 radical (unpaired) electrons. The van der Waals surface area contributed by atoms with Gasteiger partial charge in [0, 0.05) is 44.7 Å². The Morgan fingerprint density at radius 3 is 2.54 bits per heavy atom. The molecule has 3 aliphatic rings. The molecular formula is C21H31N3O2. The molecule has 5 heteroatoms. The summed E-state index contributed by atoms with van der Waals surface area (Å²) < 4.78 is 5.87. The topological polar surface area (TPSA) is 36.0 Å². The summed E-state index contributed by atoms with van der Waals surface area (Å²) in [5, 5.41) is 0. The number of ether oxygens (including phenoxy) is 1. The predicted molar refractivity (Wildman–Crippen MR) is 102 cm³/mol. The molecule has 0 aliphatic carbocycles. The maximum Gasteiger partial charge on any atom is 0.320 e. The van der Waals surface area contributed by atoms with Crippen LogP contribution in [0.4, 0.5) is 4.79 Å². The van der Waals surface area contributed by atoms with Crippen LogP contribution >= 0.6 is 0 Å². The van der Waals surface area contributed by atoms with Gasteiger partial charge in [0.15, 0.2) is 0 Å². The first kappa shape index (κ1) is 17.7. The number of amides is 2. The van der Waals surface area contributed by atoms with E-state index in [9.17, 15) is 4.79 Å². The molecule has 5 nitrogen and oxygen atoms in total. The van der Waals surface area contributed by atoms with Crippen molar-refractivity contribution in [1.82, 2.24) is 14.7 Å². The Labute approximate surface area is 156 Å². The third kappa shape index (κ3) is 3.98. The maximum atomic E-state index is 12.7. The van der Waals surface area contributed by atoms with E-state index in [4.69, 9.17) is 4.74 Å². The second-order valence-electron chi connectivity index (χ2n) is 8.19. The van der Waals surface area contributed by atoms with E-state index in [1.54, 1.807) is 0 Å². The summed E-state index contributed by atoms with van der Waals surface area (Å²) in [6, 6.07) is 10.3. The van der Waals surface area contributed by atoms with Gasteiger partial charge < -0.3 is 14.5 Å². The summed E-state index contributed by atoms with van der Waals surface area (Å²) in [7, 11) is 0. The summed E-state index contributed by atoms with van der Waals surface area (Å²) in [6.45, 7) is 7.74. The molecule has 4 rings (SSSR count). The average Bonchev–Trinajstić information content (AvgIpc) is 3.33. The molecule has 2 amide bonds. The first-order valence-electron chi connectivity index (χ1n) is 10.2. The van der Waals surface area contributed by atoms with Crippen LogP contribution in [0.3, 0.4) is 0 Å². The van der Waals surface area contributed by atoms with Crippen molar-refractivity contribution in [3.8, 4) is 5.75 Å². The third-order valence-electron chi connectivity index (χ3n) is 6.25. The lowest BCUT2D eigenvalue weighted by Crippen LogP contribution is -2.47. The number of benzene rings is 1. The van der Waals surface area contributed by atoms with Crippen molar-refractivity contribution in [3.05, 3.63) is 30.3 Å². The molecule has 26 heavy (non-hydrogen) atoms. The summed E-state index contributed by atoms with van der Waals surface area (Å²) in [5.41, 5.74) is 0.306. The molecule has 0 unspecified atom stereocenters. The highest BCUT2D eigenvalue weighted by Gasteiger charge is 2.43. The van der Waals surface area contributed by atoms with Crippen LogP contribution in [0.15, 0.2) is 30.3 Å². The molecule has 3 fully saturated rings. The standard InChI is InChI=1S/C21H31N3O2/c25-20(23-12-4-5-13-23)24-14-10-21(18-24)9-6-11-22(17-21)15-16-26-19-7-2-1-3-8-19/h1-3,7-8H,4-6,9-18H2/t21-/m0/s1. The second kappa shape index (κ2) is 7.87. The van der Waals surface area contributed by atoms with E-state index in [1.165, 1.54) is 25.7 Å². The molecule has 0 N–H and O–H groups in total. The zero-order valence-corrected chi connectivity index (χ0v) is 15.7. The van der Waals surface area contributed by atoms with Crippen molar-refractivity contribution in [2.45, 2.75) is 32.1 Å². The Morgan fingerprint density at radius 1 is 0.923 bits per heavy atom. The number of likely N-dealkylation sites (tertiary alicyclic amines) is 3. The fourth-order valence-corrected chi connectivity index (χ4v) is 4.85. The van der Waals surface area contributed by atoms with Crippen molar-refractivity contribution >= 4 is 6.03 Å².